The van der Waals surface area contributed by atoms with Gasteiger partial charge in [-0.2, -0.15) is 4.98 Å². The minimum Gasteiger partial charge on any atom is -0.469 e. The van der Waals surface area contributed by atoms with Crippen molar-refractivity contribution in [3.05, 3.63) is 111 Å². The molecular weight excluding hydrogens is 512 g/mol. The first-order valence-electron chi connectivity index (χ1n) is 11.5. The Morgan fingerprint density at radius 2 is 1.92 bits per heavy atom. The second-order valence-electron chi connectivity index (χ2n) is 8.14. The maximum atomic E-state index is 13.4. The van der Waals surface area contributed by atoms with E-state index in [9.17, 15) is 14.4 Å². The molecule has 0 saturated heterocycles. The summed E-state index contributed by atoms with van der Waals surface area (Å²) >= 11 is 6.00. The number of allylic oxidation sites excluding steroid dienone is 4. The van der Waals surface area contributed by atoms with Gasteiger partial charge in [0.15, 0.2) is 0 Å². The number of anilines is 1. The van der Waals surface area contributed by atoms with Gasteiger partial charge in [0.25, 0.3) is 0 Å². The van der Waals surface area contributed by atoms with E-state index in [-0.39, 0.29) is 19.0 Å². The third-order valence-corrected chi connectivity index (χ3v) is 5.49. The summed E-state index contributed by atoms with van der Waals surface area (Å²) < 4.78 is 12.6. The maximum absolute atomic E-state index is 13.4. The van der Waals surface area contributed by atoms with Crippen LogP contribution in [-0.2, 0) is 22.6 Å². The number of halogens is 1. The van der Waals surface area contributed by atoms with Crippen LogP contribution in [0.3, 0.4) is 0 Å². The lowest BCUT2D eigenvalue weighted by atomic mass is 10.2. The maximum Gasteiger partial charge on any atom is 0.354 e. The first-order chi connectivity index (χ1) is 18.2. The van der Waals surface area contributed by atoms with Crippen LogP contribution in [0.1, 0.15) is 19.4 Å². The topological polar surface area (TPSA) is 130 Å². The molecule has 1 atom stereocenters. The molecule has 3 aromatic rings. The zero-order valence-corrected chi connectivity index (χ0v) is 21.9. The summed E-state index contributed by atoms with van der Waals surface area (Å²) in [6.45, 7) is 6.92. The minimum atomic E-state index is -0.804. The number of hydrogen-bond donors (Lipinski definition) is 1. The van der Waals surface area contributed by atoms with Gasteiger partial charge in [0, 0.05) is 29.7 Å². The highest BCUT2D eigenvalue weighted by Crippen LogP contribution is 2.13. The highest BCUT2D eigenvalue weighted by Gasteiger charge is 2.20. The number of rotatable bonds is 11. The number of esters is 1. The molecule has 0 bridgehead atoms. The summed E-state index contributed by atoms with van der Waals surface area (Å²) in [7, 11) is 1.24. The number of nitrogens with zero attached hydrogens (tertiary/aromatic N) is 5. The molecule has 11 nitrogen and oxygen atoms in total. The van der Waals surface area contributed by atoms with Crippen LogP contribution in [0.15, 0.2) is 88.7 Å². The van der Waals surface area contributed by atoms with E-state index in [4.69, 9.17) is 21.1 Å². The quantitative estimate of drug-likeness (QED) is 0.222. The van der Waals surface area contributed by atoms with E-state index in [1.807, 2.05) is 0 Å². The molecule has 0 spiro atoms. The lowest BCUT2D eigenvalue weighted by Gasteiger charge is -2.17. The number of methoxy groups -OCH3 is 1. The van der Waals surface area contributed by atoms with Crippen molar-refractivity contribution in [1.82, 2.24) is 24.1 Å². The summed E-state index contributed by atoms with van der Waals surface area (Å²) in [5.74, 6) is -0.566. The molecule has 0 amide bonds. The zero-order valence-electron chi connectivity index (χ0n) is 21.1. The molecule has 3 rings (SSSR count). The van der Waals surface area contributed by atoms with E-state index < -0.39 is 23.3 Å². The van der Waals surface area contributed by atoms with Gasteiger partial charge in [0.1, 0.15) is 5.76 Å². The molecule has 2 heterocycles. The van der Waals surface area contributed by atoms with Crippen LogP contribution in [0.2, 0.25) is 5.02 Å². The molecule has 0 unspecified atom stereocenters. The Morgan fingerprint density at radius 1 is 1.18 bits per heavy atom. The molecule has 0 aliphatic heterocycles. The molecule has 0 fully saturated rings. The Bertz CT molecular complexity index is 1460. The Kier molecular flexibility index (Phi) is 9.72. The second-order valence-corrected chi connectivity index (χ2v) is 8.58. The third-order valence-electron chi connectivity index (χ3n) is 5.23. The van der Waals surface area contributed by atoms with E-state index in [1.165, 1.54) is 36.3 Å². The number of ether oxygens (including phenoxy) is 2. The van der Waals surface area contributed by atoms with Crippen molar-refractivity contribution >= 4 is 23.5 Å². The highest BCUT2D eigenvalue weighted by atomic mass is 35.5. The van der Waals surface area contributed by atoms with E-state index in [1.54, 1.807) is 50.3 Å². The standard InChI is InChI=1S/C26H27ClN6O5/c1-5-21(38-22-14-28-12-13-29-22)11-6-18(3)30-24-31-25(35)33(15-17(2)23(34)37-4)26(36)32(24)16-19-7-9-20(27)10-8-19/h5-14,17H,1,15-16H2,2-4H3,(H,30,31,35)/b18-6+,21-11+/t17-/m0/s1. The van der Waals surface area contributed by atoms with E-state index in [0.29, 0.717) is 22.4 Å². The average molecular weight is 539 g/mol. The molecule has 2 aromatic heterocycles. The summed E-state index contributed by atoms with van der Waals surface area (Å²) in [4.78, 5) is 50.2. The van der Waals surface area contributed by atoms with Crippen LogP contribution in [0.25, 0.3) is 0 Å². The number of aromatic nitrogens is 5. The Balaban J connectivity index is 1.96. The van der Waals surface area contributed by atoms with E-state index >= 15 is 0 Å². The zero-order chi connectivity index (χ0) is 27.7. The van der Waals surface area contributed by atoms with Crippen molar-refractivity contribution in [2.75, 3.05) is 12.4 Å². The molecule has 0 saturated carbocycles. The van der Waals surface area contributed by atoms with Gasteiger partial charge in [-0.1, -0.05) is 37.2 Å². The van der Waals surface area contributed by atoms with Crippen LogP contribution < -0.4 is 21.4 Å². The fourth-order valence-electron chi connectivity index (χ4n) is 3.27. The fraction of sp³-hybridized carbons (Fsp3) is 0.231. The predicted octanol–water partition coefficient (Wildman–Crippen LogP) is 3.17. The van der Waals surface area contributed by atoms with Gasteiger partial charge >= 0.3 is 17.3 Å². The van der Waals surface area contributed by atoms with Crippen molar-refractivity contribution in [1.29, 1.82) is 0 Å². The monoisotopic (exact) mass is 538 g/mol. The van der Waals surface area contributed by atoms with Gasteiger partial charge < -0.3 is 14.8 Å². The van der Waals surface area contributed by atoms with Crippen LogP contribution in [0, 0.1) is 5.92 Å². The van der Waals surface area contributed by atoms with Crippen molar-refractivity contribution in [3.8, 4) is 5.88 Å². The fourth-order valence-corrected chi connectivity index (χ4v) is 3.40. The van der Waals surface area contributed by atoms with Crippen LogP contribution in [-0.4, -0.2) is 37.2 Å². The average Bonchev–Trinajstić information content (AvgIpc) is 2.92. The van der Waals surface area contributed by atoms with Crippen molar-refractivity contribution < 1.29 is 14.3 Å². The number of benzene rings is 1. The normalized spacial score (nSPS) is 12.5. The van der Waals surface area contributed by atoms with Crippen LogP contribution in [0.4, 0.5) is 5.95 Å². The molecule has 0 aliphatic rings. The van der Waals surface area contributed by atoms with Gasteiger partial charge in [0.2, 0.25) is 11.8 Å². The summed E-state index contributed by atoms with van der Waals surface area (Å²) in [5.41, 5.74) is -0.148. The van der Waals surface area contributed by atoms with Crippen molar-refractivity contribution in [2.24, 2.45) is 5.92 Å². The Morgan fingerprint density at radius 3 is 2.55 bits per heavy atom. The molecule has 198 valence electrons. The first kappa shape index (κ1) is 28.1. The summed E-state index contributed by atoms with van der Waals surface area (Å²) in [6.07, 6.45) is 9.28. The lowest BCUT2D eigenvalue weighted by molar-refractivity contribution is -0.145. The van der Waals surface area contributed by atoms with Gasteiger partial charge in [-0.05, 0) is 42.8 Å². The molecule has 1 N–H and O–H groups in total. The van der Waals surface area contributed by atoms with Crippen molar-refractivity contribution in [3.63, 3.8) is 0 Å². The molecule has 38 heavy (non-hydrogen) atoms. The molecule has 0 aliphatic carbocycles. The number of nitrogens with one attached hydrogen (secondary N) is 1. The van der Waals surface area contributed by atoms with Gasteiger partial charge in [-0.15, -0.1) is 0 Å². The van der Waals surface area contributed by atoms with Gasteiger partial charge in [-0.25, -0.2) is 19.1 Å². The predicted molar refractivity (Wildman–Crippen MR) is 143 cm³/mol. The second kappa shape index (κ2) is 13.2. The first-order valence-corrected chi connectivity index (χ1v) is 11.9. The highest BCUT2D eigenvalue weighted by molar-refractivity contribution is 6.30. The lowest BCUT2D eigenvalue weighted by Crippen LogP contribution is -2.44. The van der Waals surface area contributed by atoms with Crippen LogP contribution >= 0.6 is 11.6 Å². The molecule has 12 heteroatoms. The minimum absolute atomic E-state index is 0.0223. The molecular formula is C26H27ClN6O5. The number of carbonyl (C=O) groups excluding carboxylic acids is 1. The molecule has 0 radical (unpaired) electrons. The Labute approximate surface area is 223 Å². The molecule has 1 aromatic carbocycles. The summed E-state index contributed by atoms with van der Waals surface area (Å²) in [5, 5.41) is 3.54. The SMILES string of the molecule is C=C/C(=C\C=C(/C)Nc1nc(=O)n(C[C@H](C)C(=O)OC)c(=O)n1Cc1ccc(Cl)cc1)Oc1cnccn1. The number of hydrogen-bond acceptors (Lipinski definition) is 9. The Hall–Kier alpha value is -4.51. The van der Waals surface area contributed by atoms with E-state index in [2.05, 4.69) is 26.8 Å². The summed E-state index contributed by atoms with van der Waals surface area (Å²) in [6, 6.07) is 6.91. The van der Waals surface area contributed by atoms with Gasteiger partial charge in [0.05, 0.1) is 25.8 Å². The largest absolute Gasteiger partial charge is 0.469 e. The third kappa shape index (κ3) is 7.50. The van der Waals surface area contributed by atoms with E-state index in [0.717, 1.165) is 10.1 Å². The van der Waals surface area contributed by atoms with Gasteiger partial charge in [-0.3, -0.25) is 14.3 Å². The smallest absolute Gasteiger partial charge is 0.354 e. The number of carbonyl (C=O) groups is 1. The van der Waals surface area contributed by atoms with Crippen LogP contribution in [0.5, 0.6) is 5.88 Å². The van der Waals surface area contributed by atoms with Crippen molar-refractivity contribution in [2.45, 2.75) is 26.9 Å².